The molecule has 1 fully saturated rings. The lowest BCUT2D eigenvalue weighted by Gasteiger charge is -2.26. The van der Waals surface area contributed by atoms with Gasteiger partial charge in [-0.25, -0.2) is 0 Å². The SMILES string of the molecule is CCC(C)(C)C(=O)C(=O)N1CSCC1C(=O)SCCCc1ccccc1. The highest BCUT2D eigenvalue weighted by molar-refractivity contribution is 8.13. The fraction of sp³-hybridized carbons (Fsp3) is 0.550. The van der Waals surface area contributed by atoms with Gasteiger partial charge in [-0.3, -0.25) is 14.4 Å². The van der Waals surface area contributed by atoms with Gasteiger partial charge in [-0.15, -0.1) is 11.8 Å². The topological polar surface area (TPSA) is 54.5 Å². The molecule has 1 atom stereocenters. The van der Waals surface area contributed by atoms with Crippen LogP contribution in [0, 0.1) is 5.41 Å². The zero-order valence-electron chi connectivity index (χ0n) is 15.7. The Morgan fingerprint density at radius 3 is 2.58 bits per heavy atom. The molecule has 4 nitrogen and oxygen atoms in total. The number of aryl methyl sites for hydroxylation is 1. The van der Waals surface area contributed by atoms with Crippen molar-refractivity contribution in [3.8, 4) is 0 Å². The van der Waals surface area contributed by atoms with E-state index in [9.17, 15) is 14.4 Å². The molecule has 0 saturated carbocycles. The van der Waals surface area contributed by atoms with Crippen molar-refractivity contribution in [2.75, 3.05) is 17.4 Å². The summed E-state index contributed by atoms with van der Waals surface area (Å²) < 4.78 is 0. The summed E-state index contributed by atoms with van der Waals surface area (Å²) in [5.41, 5.74) is 0.585. The van der Waals surface area contributed by atoms with E-state index in [-0.39, 0.29) is 5.12 Å². The van der Waals surface area contributed by atoms with Crippen molar-refractivity contribution < 1.29 is 14.4 Å². The molecule has 1 heterocycles. The van der Waals surface area contributed by atoms with Crippen LogP contribution in [0.3, 0.4) is 0 Å². The quantitative estimate of drug-likeness (QED) is 0.497. The first-order valence-electron chi connectivity index (χ1n) is 9.00. The first-order valence-corrected chi connectivity index (χ1v) is 11.1. The smallest absolute Gasteiger partial charge is 0.291 e. The Balaban J connectivity index is 1.85. The molecule has 1 aliphatic rings. The number of hydrogen-bond acceptors (Lipinski definition) is 5. The molecule has 1 saturated heterocycles. The van der Waals surface area contributed by atoms with E-state index in [4.69, 9.17) is 0 Å². The van der Waals surface area contributed by atoms with Crippen molar-refractivity contribution >= 4 is 40.3 Å². The number of amides is 1. The molecule has 0 radical (unpaired) electrons. The van der Waals surface area contributed by atoms with Gasteiger partial charge in [0.15, 0.2) is 0 Å². The van der Waals surface area contributed by atoms with Gasteiger partial charge < -0.3 is 4.90 Å². The van der Waals surface area contributed by atoms with Crippen molar-refractivity contribution in [3.05, 3.63) is 35.9 Å². The lowest BCUT2D eigenvalue weighted by molar-refractivity contribution is -0.150. The summed E-state index contributed by atoms with van der Waals surface area (Å²) in [4.78, 5) is 39.1. The fourth-order valence-corrected chi connectivity index (χ4v) is 4.76. The molecule has 2 rings (SSSR count). The third kappa shape index (κ3) is 5.36. The molecular formula is C20H27NO3S2. The highest BCUT2D eigenvalue weighted by Gasteiger charge is 2.41. The monoisotopic (exact) mass is 393 g/mol. The summed E-state index contributed by atoms with van der Waals surface area (Å²) in [5, 5.41) is -0.00137. The first-order chi connectivity index (χ1) is 12.4. The number of nitrogens with zero attached hydrogens (tertiary/aromatic N) is 1. The maximum Gasteiger partial charge on any atom is 0.291 e. The van der Waals surface area contributed by atoms with Crippen LogP contribution in [-0.4, -0.2) is 45.1 Å². The minimum absolute atomic E-state index is 0.00137. The zero-order valence-corrected chi connectivity index (χ0v) is 17.3. The summed E-state index contributed by atoms with van der Waals surface area (Å²) >= 11 is 2.82. The summed E-state index contributed by atoms with van der Waals surface area (Å²) in [6, 6.07) is 9.71. The van der Waals surface area contributed by atoms with Crippen molar-refractivity contribution in [3.63, 3.8) is 0 Å². The Labute approximate surface area is 164 Å². The molecule has 1 aromatic carbocycles. The second-order valence-electron chi connectivity index (χ2n) is 7.11. The van der Waals surface area contributed by atoms with Gasteiger partial charge >= 0.3 is 0 Å². The van der Waals surface area contributed by atoms with Crippen molar-refractivity contribution in [2.45, 2.75) is 46.1 Å². The van der Waals surface area contributed by atoms with Gasteiger partial charge in [0.05, 0.1) is 5.88 Å². The molecule has 0 aliphatic carbocycles. The molecule has 142 valence electrons. The van der Waals surface area contributed by atoms with Crippen LogP contribution in [0.25, 0.3) is 0 Å². The predicted octanol–water partition coefficient (Wildman–Crippen LogP) is 3.79. The molecular weight excluding hydrogens is 366 g/mol. The molecule has 1 unspecified atom stereocenters. The van der Waals surface area contributed by atoms with Crippen LogP contribution in [0.5, 0.6) is 0 Å². The van der Waals surface area contributed by atoms with E-state index in [0.29, 0.717) is 18.1 Å². The lowest BCUT2D eigenvalue weighted by atomic mass is 9.84. The summed E-state index contributed by atoms with van der Waals surface area (Å²) in [6.45, 7) is 5.46. The van der Waals surface area contributed by atoms with Crippen molar-refractivity contribution in [2.24, 2.45) is 5.41 Å². The second kappa shape index (κ2) is 9.60. The minimum atomic E-state index is -0.680. The normalized spacial score (nSPS) is 17.3. The summed E-state index contributed by atoms with van der Waals surface area (Å²) in [7, 11) is 0. The molecule has 0 spiro atoms. The predicted molar refractivity (Wildman–Crippen MR) is 109 cm³/mol. The number of carbonyl (C=O) groups excluding carboxylic acids is 3. The Morgan fingerprint density at radius 2 is 1.92 bits per heavy atom. The number of benzene rings is 1. The number of Topliss-reactive ketones (excluding diaryl/α,β-unsaturated/α-hetero) is 1. The maximum absolute atomic E-state index is 12.6. The highest BCUT2D eigenvalue weighted by atomic mass is 32.2. The molecule has 1 aromatic rings. The van der Waals surface area contributed by atoms with Crippen LogP contribution in [0.15, 0.2) is 30.3 Å². The van der Waals surface area contributed by atoms with Crippen molar-refractivity contribution in [1.29, 1.82) is 0 Å². The van der Waals surface area contributed by atoms with E-state index >= 15 is 0 Å². The number of ketones is 1. The third-order valence-electron chi connectivity index (χ3n) is 4.80. The summed E-state index contributed by atoms with van der Waals surface area (Å²) in [6.07, 6.45) is 2.45. The third-order valence-corrected chi connectivity index (χ3v) is 6.87. The van der Waals surface area contributed by atoms with Gasteiger partial charge in [-0.2, -0.15) is 0 Å². The molecule has 26 heavy (non-hydrogen) atoms. The van der Waals surface area contributed by atoms with Crippen LogP contribution in [0.1, 0.15) is 39.2 Å². The largest absolute Gasteiger partial charge is 0.315 e. The van der Waals surface area contributed by atoms with E-state index < -0.39 is 23.1 Å². The Kier molecular flexibility index (Phi) is 7.77. The fourth-order valence-electron chi connectivity index (χ4n) is 2.61. The molecule has 0 N–H and O–H groups in total. The average Bonchev–Trinajstić information content (AvgIpc) is 3.14. The molecule has 6 heteroatoms. The van der Waals surface area contributed by atoms with Gasteiger partial charge in [0, 0.05) is 16.9 Å². The van der Waals surface area contributed by atoms with Crippen LogP contribution in [-0.2, 0) is 20.8 Å². The Bertz CT molecular complexity index is 646. The number of carbonyl (C=O) groups is 3. The van der Waals surface area contributed by atoms with Gasteiger partial charge in [0.2, 0.25) is 10.9 Å². The van der Waals surface area contributed by atoms with E-state index in [1.54, 1.807) is 13.8 Å². The van der Waals surface area contributed by atoms with Crippen LogP contribution >= 0.6 is 23.5 Å². The first kappa shape index (κ1) is 21.0. The standard InChI is InChI=1S/C20H27NO3S2/c1-4-20(2,3)17(22)18(23)21-14-25-13-16(21)19(24)26-12-8-11-15-9-6-5-7-10-15/h5-7,9-10,16H,4,8,11-14H2,1-3H3. The zero-order chi connectivity index (χ0) is 19.2. The van der Waals surface area contributed by atoms with E-state index in [0.717, 1.165) is 18.6 Å². The number of hydrogen-bond donors (Lipinski definition) is 0. The Hall–Kier alpha value is -1.27. The maximum atomic E-state index is 12.6. The van der Waals surface area contributed by atoms with Gasteiger partial charge in [0.25, 0.3) is 5.91 Å². The number of rotatable bonds is 8. The highest BCUT2D eigenvalue weighted by Crippen LogP contribution is 2.29. The van der Waals surface area contributed by atoms with E-state index in [2.05, 4.69) is 12.1 Å². The van der Waals surface area contributed by atoms with Crippen molar-refractivity contribution in [1.82, 2.24) is 4.90 Å². The molecule has 0 bridgehead atoms. The number of thioether (sulfide) groups is 2. The second-order valence-corrected chi connectivity index (χ2v) is 9.21. The molecule has 1 amide bonds. The molecule has 0 aromatic heterocycles. The van der Waals surface area contributed by atoms with Crippen LogP contribution in [0.4, 0.5) is 0 Å². The van der Waals surface area contributed by atoms with Gasteiger partial charge in [-0.05, 0) is 24.8 Å². The van der Waals surface area contributed by atoms with Crippen LogP contribution < -0.4 is 0 Å². The molecule has 1 aliphatic heterocycles. The Morgan fingerprint density at radius 1 is 1.23 bits per heavy atom. The van der Waals surface area contributed by atoms with Gasteiger partial charge in [0.1, 0.15) is 6.04 Å². The lowest BCUT2D eigenvalue weighted by Crippen LogP contribution is -2.47. The van der Waals surface area contributed by atoms with E-state index in [1.165, 1.54) is 34.0 Å². The minimum Gasteiger partial charge on any atom is -0.315 e. The summed E-state index contributed by atoms with van der Waals surface area (Å²) in [5.74, 6) is 0.826. The van der Waals surface area contributed by atoms with Gasteiger partial charge in [-0.1, -0.05) is 62.9 Å². The van der Waals surface area contributed by atoms with Crippen LogP contribution in [0.2, 0.25) is 0 Å². The average molecular weight is 394 g/mol. The van der Waals surface area contributed by atoms with E-state index in [1.807, 2.05) is 25.1 Å².